The van der Waals surface area contributed by atoms with E-state index >= 15 is 0 Å². The van der Waals surface area contributed by atoms with E-state index in [1.807, 2.05) is 0 Å². The van der Waals surface area contributed by atoms with Crippen LogP contribution < -0.4 is 15.4 Å². The van der Waals surface area contributed by atoms with Crippen molar-refractivity contribution in [2.75, 3.05) is 46.7 Å². The molecule has 0 aromatic heterocycles. The largest absolute Gasteiger partial charge is 0.495 e. The zero-order valence-corrected chi connectivity index (χ0v) is 15.6. The summed E-state index contributed by atoms with van der Waals surface area (Å²) >= 11 is 0. The van der Waals surface area contributed by atoms with Crippen LogP contribution in [0.1, 0.15) is 6.42 Å². The van der Waals surface area contributed by atoms with Crippen LogP contribution in [-0.4, -0.2) is 66.0 Å². The summed E-state index contributed by atoms with van der Waals surface area (Å²) in [4.78, 5) is 23.1. The summed E-state index contributed by atoms with van der Waals surface area (Å²) in [6.07, 6.45) is 0.198. The molecule has 0 aliphatic heterocycles. The van der Waals surface area contributed by atoms with Crippen molar-refractivity contribution in [1.82, 2.24) is 4.31 Å². The average Bonchev–Trinajstić information content (AvgIpc) is 2.58. The Balaban J connectivity index is 2.79. The fourth-order valence-corrected chi connectivity index (χ4v) is 2.84. The molecule has 1 aromatic rings. The monoisotopic (exact) mass is 374 g/mol. The van der Waals surface area contributed by atoms with Gasteiger partial charge in [-0.25, -0.2) is 12.7 Å². The molecular weight excluding hydrogens is 350 g/mol. The summed E-state index contributed by atoms with van der Waals surface area (Å²) in [5.74, 6) is -0.344. The first kappa shape index (κ1) is 20.9. The Bertz CT molecular complexity index is 718. The van der Waals surface area contributed by atoms with Crippen LogP contribution in [0.2, 0.25) is 0 Å². The number of esters is 1. The highest BCUT2D eigenvalue weighted by molar-refractivity contribution is 7.89. The molecule has 25 heavy (non-hydrogen) atoms. The Kier molecular flexibility index (Phi) is 7.81. The first-order chi connectivity index (χ1) is 11.7. The van der Waals surface area contributed by atoms with Gasteiger partial charge in [0.25, 0.3) is 5.91 Å². The summed E-state index contributed by atoms with van der Waals surface area (Å²) in [6.45, 7) is 0.483. The number of sulfonamides is 1. The lowest BCUT2D eigenvalue weighted by Crippen LogP contribution is -2.86. The zero-order valence-electron chi connectivity index (χ0n) is 14.7. The van der Waals surface area contributed by atoms with E-state index in [1.54, 1.807) is 5.32 Å². The van der Waals surface area contributed by atoms with Gasteiger partial charge in [0.15, 0.2) is 6.54 Å². The van der Waals surface area contributed by atoms with Crippen molar-refractivity contribution in [3.05, 3.63) is 18.2 Å². The maximum atomic E-state index is 12.2. The molecule has 0 fully saturated rings. The molecule has 1 rings (SSSR count). The van der Waals surface area contributed by atoms with Gasteiger partial charge in [-0.1, -0.05) is 0 Å². The van der Waals surface area contributed by atoms with E-state index in [4.69, 9.17) is 4.74 Å². The Morgan fingerprint density at radius 3 is 2.48 bits per heavy atom. The van der Waals surface area contributed by atoms with E-state index in [9.17, 15) is 18.0 Å². The Labute approximate surface area is 147 Å². The summed E-state index contributed by atoms with van der Waals surface area (Å²) in [7, 11) is 1.95. The number of methoxy groups -OCH3 is 2. The Morgan fingerprint density at radius 1 is 1.24 bits per heavy atom. The lowest BCUT2D eigenvalue weighted by Gasteiger charge is -2.15. The number of hydrogen-bond acceptors (Lipinski definition) is 6. The van der Waals surface area contributed by atoms with Crippen molar-refractivity contribution in [2.24, 2.45) is 0 Å². The van der Waals surface area contributed by atoms with Crippen molar-refractivity contribution in [1.29, 1.82) is 0 Å². The number of hydrogen-bond donors (Lipinski definition) is 2. The maximum Gasteiger partial charge on any atom is 0.311 e. The quantitative estimate of drug-likeness (QED) is 0.423. The van der Waals surface area contributed by atoms with Crippen LogP contribution in [0.5, 0.6) is 5.75 Å². The SMILES string of the molecule is COC(=O)CC[NH2+]CC(=O)Nc1cc(S(=O)(=O)N(C)C)ccc1OC. The number of carbonyl (C=O) groups excluding carboxylic acids is 2. The van der Waals surface area contributed by atoms with Crippen LogP contribution in [0, 0.1) is 0 Å². The van der Waals surface area contributed by atoms with Gasteiger partial charge in [-0.05, 0) is 18.2 Å². The van der Waals surface area contributed by atoms with Crippen molar-refractivity contribution < 1.29 is 32.8 Å². The topological polar surface area (TPSA) is 119 Å². The number of rotatable bonds is 9. The predicted molar refractivity (Wildman–Crippen MR) is 90.8 cm³/mol. The predicted octanol–water partition coefficient (Wildman–Crippen LogP) is -0.989. The van der Waals surface area contributed by atoms with E-state index in [-0.39, 0.29) is 35.4 Å². The number of benzene rings is 1. The minimum atomic E-state index is -3.63. The average molecular weight is 374 g/mol. The molecule has 0 spiro atoms. The highest BCUT2D eigenvalue weighted by Crippen LogP contribution is 2.28. The van der Waals surface area contributed by atoms with E-state index in [2.05, 4.69) is 10.1 Å². The zero-order chi connectivity index (χ0) is 19.0. The van der Waals surface area contributed by atoms with Crippen LogP contribution in [0.4, 0.5) is 5.69 Å². The number of amides is 1. The van der Waals surface area contributed by atoms with Gasteiger partial charge in [0.2, 0.25) is 10.0 Å². The van der Waals surface area contributed by atoms with Gasteiger partial charge in [0.05, 0.1) is 37.8 Å². The molecule has 0 aliphatic rings. The highest BCUT2D eigenvalue weighted by Gasteiger charge is 2.20. The fraction of sp³-hybridized carbons (Fsp3) is 0.467. The minimum Gasteiger partial charge on any atom is -0.495 e. The van der Waals surface area contributed by atoms with E-state index < -0.39 is 10.0 Å². The third kappa shape index (κ3) is 6.00. The van der Waals surface area contributed by atoms with E-state index in [0.29, 0.717) is 12.3 Å². The molecular formula is C15H24N3O6S+. The van der Waals surface area contributed by atoms with Crippen LogP contribution >= 0.6 is 0 Å². The molecule has 1 amide bonds. The van der Waals surface area contributed by atoms with Gasteiger partial charge in [-0.15, -0.1) is 0 Å². The summed E-state index contributed by atoms with van der Waals surface area (Å²) in [5, 5.41) is 4.27. The highest BCUT2D eigenvalue weighted by atomic mass is 32.2. The number of quaternary nitrogens is 1. The molecule has 0 heterocycles. The number of carbonyl (C=O) groups is 2. The molecule has 0 bridgehead atoms. The molecule has 1 aromatic carbocycles. The van der Waals surface area contributed by atoms with Crippen molar-refractivity contribution in [3.63, 3.8) is 0 Å². The summed E-state index contributed by atoms with van der Waals surface area (Å²) in [6, 6.07) is 4.24. The van der Waals surface area contributed by atoms with Gasteiger partial charge in [-0.3, -0.25) is 9.59 Å². The molecule has 0 saturated heterocycles. The van der Waals surface area contributed by atoms with Gasteiger partial charge >= 0.3 is 5.97 Å². The smallest absolute Gasteiger partial charge is 0.311 e. The molecule has 0 saturated carbocycles. The van der Waals surface area contributed by atoms with Crippen LogP contribution in [0.25, 0.3) is 0 Å². The minimum absolute atomic E-state index is 0.0447. The second kappa shape index (κ2) is 9.35. The number of nitrogens with two attached hydrogens (primary N) is 1. The maximum absolute atomic E-state index is 12.2. The second-order valence-electron chi connectivity index (χ2n) is 5.31. The third-order valence-corrected chi connectivity index (χ3v) is 5.14. The van der Waals surface area contributed by atoms with Gasteiger partial charge in [0, 0.05) is 14.1 Å². The third-order valence-electron chi connectivity index (χ3n) is 3.33. The standard InChI is InChI=1S/C15H23N3O6S/c1-18(2)25(21,22)11-5-6-13(23-3)12(9-11)17-14(19)10-16-8-7-15(20)24-4/h5-6,9,16H,7-8,10H2,1-4H3,(H,17,19)/p+1. The van der Waals surface area contributed by atoms with Crippen molar-refractivity contribution in [2.45, 2.75) is 11.3 Å². The Morgan fingerprint density at radius 2 is 1.92 bits per heavy atom. The lowest BCUT2D eigenvalue weighted by atomic mass is 10.3. The second-order valence-corrected chi connectivity index (χ2v) is 7.46. The van der Waals surface area contributed by atoms with Crippen molar-refractivity contribution >= 4 is 27.6 Å². The Hall–Kier alpha value is -2.17. The molecule has 3 N–H and O–H groups in total. The number of nitrogens with zero attached hydrogens (tertiary/aromatic N) is 1. The lowest BCUT2D eigenvalue weighted by molar-refractivity contribution is -0.642. The first-order valence-corrected chi connectivity index (χ1v) is 8.95. The molecule has 9 nitrogen and oxygen atoms in total. The van der Waals surface area contributed by atoms with Crippen molar-refractivity contribution in [3.8, 4) is 5.75 Å². The fourth-order valence-electron chi connectivity index (χ4n) is 1.91. The first-order valence-electron chi connectivity index (χ1n) is 7.51. The molecule has 140 valence electrons. The van der Waals surface area contributed by atoms with Gasteiger partial charge in [0.1, 0.15) is 5.75 Å². The van der Waals surface area contributed by atoms with Crippen LogP contribution in [0.3, 0.4) is 0 Å². The molecule has 0 atom stereocenters. The number of nitrogens with one attached hydrogen (secondary N) is 1. The normalized spacial score (nSPS) is 11.2. The summed E-state index contributed by atoms with van der Waals surface area (Å²) in [5.41, 5.74) is 0.261. The van der Waals surface area contributed by atoms with Gasteiger partial charge < -0.3 is 20.1 Å². The summed E-state index contributed by atoms with van der Waals surface area (Å²) < 4.78 is 35.1. The van der Waals surface area contributed by atoms with Crippen LogP contribution in [0.15, 0.2) is 23.1 Å². The van der Waals surface area contributed by atoms with Crippen LogP contribution in [-0.2, 0) is 24.3 Å². The molecule has 0 unspecified atom stereocenters. The number of ether oxygens (including phenoxy) is 2. The van der Waals surface area contributed by atoms with E-state index in [1.165, 1.54) is 46.5 Å². The molecule has 0 aliphatic carbocycles. The van der Waals surface area contributed by atoms with Gasteiger partial charge in [-0.2, -0.15) is 0 Å². The molecule has 0 radical (unpaired) electrons. The number of anilines is 1. The van der Waals surface area contributed by atoms with E-state index in [0.717, 1.165) is 4.31 Å². The molecule has 10 heteroatoms.